The molecule has 0 unspecified atom stereocenters. The number of aliphatic hydroxyl groups is 2. The number of nitrogens with zero attached hydrogens (tertiary/aromatic N) is 4. The number of hydrogen-bond acceptors (Lipinski definition) is 9. The molecule has 0 aliphatic heterocycles. The molecule has 1 fully saturated rings. The number of rotatable bonds is 8. The molecule has 0 saturated heterocycles. The van der Waals surface area contributed by atoms with Gasteiger partial charge in [-0.1, -0.05) is 0 Å². The molecular weight excluding hydrogens is 521 g/mol. The topological polar surface area (TPSA) is 128 Å². The Bertz CT molecular complexity index is 1650. The van der Waals surface area contributed by atoms with Crippen molar-refractivity contribution in [3.63, 3.8) is 0 Å². The Morgan fingerprint density at radius 3 is 2.62 bits per heavy atom. The van der Waals surface area contributed by atoms with Gasteiger partial charge in [0.15, 0.2) is 0 Å². The Labute approximate surface area is 227 Å². The zero-order valence-electron chi connectivity index (χ0n) is 21.0. The fourth-order valence-corrected chi connectivity index (χ4v) is 5.58. The SMILES string of the molecule is Cc1ncc(COc2cc(F)cc(Oc3ccc(-c4nc(C5CC(O)(CO)C5)n5ccnc(N)c45)cc3)c2)s1. The lowest BCUT2D eigenvalue weighted by Crippen LogP contribution is -2.46. The zero-order valence-corrected chi connectivity index (χ0v) is 21.9. The molecule has 1 saturated carbocycles. The molecule has 200 valence electrons. The number of aryl methyl sites for hydroxylation is 1. The Morgan fingerprint density at radius 2 is 1.90 bits per heavy atom. The fourth-order valence-electron chi connectivity index (χ4n) is 4.87. The summed E-state index contributed by atoms with van der Waals surface area (Å²) in [7, 11) is 0. The van der Waals surface area contributed by atoms with Crippen LogP contribution in [0.25, 0.3) is 16.8 Å². The minimum absolute atomic E-state index is 0.0164. The van der Waals surface area contributed by atoms with Gasteiger partial charge in [0.2, 0.25) is 0 Å². The van der Waals surface area contributed by atoms with Crippen LogP contribution < -0.4 is 15.2 Å². The molecule has 11 heteroatoms. The van der Waals surface area contributed by atoms with Crippen LogP contribution in [-0.2, 0) is 6.61 Å². The highest BCUT2D eigenvalue weighted by Crippen LogP contribution is 2.45. The number of thiazole rings is 1. The van der Waals surface area contributed by atoms with Crippen LogP contribution >= 0.6 is 11.3 Å². The summed E-state index contributed by atoms with van der Waals surface area (Å²) in [5.74, 6) is 1.79. The van der Waals surface area contributed by atoms with Crippen molar-refractivity contribution in [2.75, 3.05) is 12.3 Å². The second kappa shape index (κ2) is 9.92. The molecule has 5 aromatic rings. The minimum Gasteiger partial charge on any atom is -0.488 e. The van der Waals surface area contributed by atoms with Crippen LogP contribution in [0.2, 0.25) is 0 Å². The third-order valence-corrected chi connectivity index (χ3v) is 7.67. The van der Waals surface area contributed by atoms with Gasteiger partial charge in [0.1, 0.15) is 52.5 Å². The first-order valence-electron chi connectivity index (χ1n) is 12.4. The largest absolute Gasteiger partial charge is 0.488 e. The van der Waals surface area contributed by atoms with Crippen molar-refractivity contribution >= 4 is 22.7 Å². The molecule has 6 rings (SSSR count). The highest BCUT2D eigenvalue weighted by Gasteiger charge is 2.45. The van der Waals surface area contributed by atoms with E-state index in [-0.39, 0.29) is 12.5 Å². The molecule has 3 aromatic heterocycles. The van der Waals surface area contributed by atoms with Gasteiger partial charge in [0.05, 0.1) is 22.1 Å². The summed E-state index contributed by atoms with van der Waals surface area (Å²) in [4.78, 5) is 14.2. The number of aromatic nitrogens is 4. The molecule has 0 bridgehead atoms. The van der Waals surface area contributed by atoms with Gasteiger partial charge in [-0.05, 0) is 44.0 Å². The van der Waals surface area contributed by atoms with Crippen LogP contribution in [0.15, 0.2) is 61.1 Å². The van der Waals surface area contributed by atoms with E-state index in [0.29, 0.717) is 53.7 Å². The Morgan fingerprint density at radius 1 is 1.13 bits per heavy atom. The summed E-state index contributed by atoms with van der Waals surface area (Å²) in [6.07, 6.45) is 5.99. The van der Waals surface area contributed by atoms with E-state index in [1.807, 2.05) is 23.5 Å². The molecule has 0 radical (unpaired) electrons. The van der Waals surface area contributed by atoms with Crippen LogP contribution in [0, 0.1) is 12.7 Å². The number of nitrogens with two attached hydrogens (primary N) is 1. The van der Waals surface area contributed by atoms with Gasteiger partial charge in [-0.15, -0.1) is 11.3 Å². The van der Waals surface area contributed by atoms with Crippen LogP contribution in [0.3, 0.4) is 0 Å². The van der Waals surface area contributed by atoms with Gasteiger partial charge >= 0.3 is 0 Å². The molecule has 0 atom stereocenters. The number of halogens is 1. The van der Waals surface area contributed by atoms with E-state index in [1.54, 1.807) is 36.8 Å². The van der Waals surface area contributed by atoms with E-state index in [9.17, 15) is 14.6 Å². The van der Waals surface area contributed by atoms with Crippen molar-refractivity contribution in [3.8, 4) is 28.5 Å². The minimum atomic E-state index is -1.07. The Hall–Kier alpha value is -4.06. The fraction of sp³-hybridized carbons (Fsp3) is 0.250. The van der Waals surface area contributed by atoms with Gasteiger partial charge in [-0.2, -0.15) is 0 Å². The van der Waals surface area contributed by atoms with Crippen molar-refractivity contribution in [3.05, 3.63) is 82.6 Å². The Balaban J connectivity index is 1.22. The lowest BCUT2D eigenvalue weighted by atomic mass is 9.71. The van der Waals surface area contributed by atoms with E-state index in [2.05, 4.69) is 9.97 Å². The van der Waals surface area contributed by atoms with Crippen molar-refractivity contribution < 1.29 is 24.1 Å². The van der Waals surface area contributed by atoms with Crippen LogP contribution in [0.1, 0.15) is 34.5 Å². The molecular formula is C28H26FN5O4S. The maximum absolute atomic E-state index is 14.3. The van der Waals surface area contributed by atoms with Gasteiger partial charge in [0.25, 0.3) is 0 Å². The molecule has 39 heavy (non-hydrogen) atoms. The van der Waals surface area contributed by atoms with E-state index >= 15 is 0 Å². The normalized spacial score (nSPS) is 18.7. The number of anilines is 1. The summed E-state index contributed by atoms with van der Waals surface area (Å²) in [5.41, 5.74) is 7.28. The number of ether oxygens (including phenoxy) is 2. The number of benzene rings is 2. The number of hydrogen-bond donors (Lipinski definition) is 3. The average Bonchev–Trinajstić information content (AvgIpc) is 3.50. The summed E-state index contributed by atoms with van der Waals surface area (Å²) in [6.45, 7) is 1.93. The van der Waals surface area contributed by atoms with Crippen LogP contribution in [0.5, 0.6) is 17.2 Å². The van der Waals surface area contributed by atoms with Gasteiger partial charge in [-0.25, -0.2) is 19.3 Å². The van der Waals surface area contributed by atoms with Crippen LogP contribution in [-0.4, -0.2) is 41.8 Å². The van der Waals surface area contributed by atoms with Crippen molar-refractivity contribution in [2.24, 2.45) is 0 Å². The average molecular weight is 548 g/mol. The predicted octanol–water partition coefficient (Wildman–Crippen LogP) is 4.85. The first-order chi connectivity index (χ1) is 18.8. The molecule has 1 aliphatic rings. The van der Waals surface area contributed by atoms with Crippen molar-refractivity contribution in [2.45, 2.75) is 37.9 Å². The van der Waals surface area contributed by atoms with E-state index in [4.69, 9.17) is 20.2 Å². The first kappa shape index (κ1) is 25.2. The maximum Gasteiger partial charge on any atom is 0.150 e. The van der Waals surface area contributed by atoms with Gasteiger partial charge < -0.3 is 25.4 Å². The standard InChI is InChI=1S/C28H26FN5O4S/c1-16-32-13-23(39-16)14-37-21-8-19(29)9-22(10-21)38-20-4-2-17(3-5-20)24-25-26(30)31-6-7-34(25)27(33-24)18-11-28(36,12-18)15-35/h2-10,13,18,35-36H,11-12,14-15H2,1H3,(H2,30,31). The summed E-state index contributed by atoms with van der Waals surface area (Å²) in [5, 5.41) is 20.7. The monoisotopic (exact) mass is 547 g/mol. The second-order valence-electron chi connectivity index (χ2n) is 9.72. The molecule has 0 amide bonds. The summed E-state index contributed by atoms with van der Waals surface area (Å²) >= 11 is 1.53. The highest BCUT2D eigenvalue weighted by molar-refractivity contribution is 7.11. The number of fused-ring (bicyclic) bond motifs is 1. The lowest BCUT2D eigenvalue weighted by molar-refractivity contribution is -0.0882. The van der Waals surface area contributed by atoms with E-state index in [0.717, 1.165) is 21.3 Å². The number of imidazole rings is 1. The van der Waals surface area contributed by atoms with Gasteiger partial charge in [-0.3, -0.25) is 4.40 Å². The Kier molecular flexibility index (Phi) is 6.42. The second-order valence-corrected chi connectivity index (χ2v) is 11.0. The molecule has 4 N–H and O–H groups in total. The van der Waals surface area contributed by atoms with Crippen molar-refractivity contribution in [1.29, 1.82) is 0 Å². The number of nitrogen functional groups attached to an aromatic ring is 1. The first-order valence-corrected chi connectivity index (χ1v) is 13.2. The van der Waals surface area contributed by atoms with E-state index in [1.165, 1.54) is 23.5 Å². The molecule has 2 aromatic carbocycles. The molecule has 9 nitrogen and oxygen atoms in total. The third kappa shape index (κ3) is 5.03. The lowest BCUT2D eigenvalue weighted by Gasteiger charge is -2.41. The summed E-state index contributed by atoms with van der Waals surface area (Å²) in [6, 6.07) is 11.5. The van der Waals surface area contributed by atoms with Crippen LogP contribution in [0.4, 0.5) is 10.2 Å². The van der Waals surface area contributed by atoms with Crippen molar-refractivity contribution in [1.82, 2.24) is 19.4 Å². The molecule has 1 aliphatic carbocycles. The van der Waals surface area contributed by atoms with Gasteiger partial charge in [0, 0.05) is 48.3 Å². The predicted molar refractivity (Wildman–Crippen MR) is 145 cm³/mol. The third-order valence-electron chi connectivity index (χ3n) is 6.78. The zero-order chi connectivity index (χ0) is 27.1. The maximum atomic E-state index is 14.3. The number of aliphatic hydroxyl groups excluding tert-OH is 1. The van der Waals surface area contributed by atoms with E-state index < -0.39 is 11.4 Å². The summed E-state index contributed by atoms with van der Waals surface area (Å²) < 4.78 is 27.8. The quantitative estimate of drug-likeness (QED) is 0.251. The smallest absolute Gasteiger partial charge is 0.150 e. The molecule has 0 spiro atoms. The molecule has 3 heterocycles. The highest BCUT2D eigenvalue weighted by atomic mass is 32.1.